The standard InChI is InChI=1S/2C15H21F2O3.2C5H5.Ti/c2*1-2-18-8-9-20-11-10-19-7-3-4-13-5-6-14(16)12-15(13)17;2*1-2-4-5-3-1;/h2*5-6H,2-4,7-11H2,1H3;2*1-3H,4H2;. The van der Waals surface area contributed by atoms with Gasteiger partial charge in [-0.15, -0.1) is 0 Å². The first kappa shape index (κ1) is 41.4. The van der Waals surface area contributed by atoms with Gasteiger partial charge in [-0.1, -0.05) is 0 Å². The van der Waals surface area contributed by atoms with Crippen LogP contribution in [0.4, 0.5) is 17.6 Å². The molecule has 0 aliphatic heterocycles. The first-order valence-electron chi connectivity index (χ1n) is 18.1. The first-order chi connectivity index (χ1) is 25.0. The number of aryl methyl sites for hydroxylation is 2. The van der Waals surface area contributed by atoms with Crippen LogP contribution in [0.1, 0.15) is 50.7 Å². The fraction of sp³-hybridized carbons (Fsp3) is 0.500. The molecule has 6 nitrogen and oxygen atoms in total. The van der Waals surface area contributed by atoms with Crippen LogP contribution in [-0.4, -0.2) is 79.3 Å². The Morgan fingerprint density at radius 1 is 0.510 bits per heavy atom. The number of hydrogen-bond acceptors (Lipinski definition) is 6. The molecule has 4 rings (SSSR count). The topological polar surface area (TPSA) is 55.4 Å². The van der Waals surface area contributed by atoms with E-state index in [1.54, 1.807) is 0 Å². The van der Waals surface area contributed by atoms with Crippen molar-refractivity contribution in [3.05, 3.63) is 103 Å². The van der Waals surface area contributed by atoms with Gasteiger partial charge in [-0.05, 0) is 13.8 Å². The van der Waals surface area contributed by atoms with Gasteiger partial charge in [-0.3, -0.25) is 0 Å². The monoisotopic (exact) mass is 752 g/mol. The van der Waals surface area contributed by atoms with Crippen molar-refractivity contribution in [3.63, 3.8) is 0 Å². The van der Waals surface area contributed by atoms with E-state index in [-0.39, 0.29) is 20.6 Å². The van der Waals surface area contributed by atoms with E-state index in [1.807, 2.05) is 50.3 Å². The van der Waals surface area contributed by atoms with E-state index >= 15 is 17.6 Å². The third-order valence-electron chi connectivity index (χ3n) is 8.96. The molecule has 0 saturated heterocycles. The molecule has 280 valence electrons. The second-order valence-electron chi connectivity index (χ2n) is 12.2. The normalized spacial score (nSPS) is 14.2. The molecule has 0 bridgehead atoms. The van der Waals surface area contributed by atoms with Gasteiger partial charge in [-0.25, -0.2) is 0 Å². The van der Waals surface area contributed by atoms with E-state index in [2.05, 4.69) is 0 Å². The van der Waals surface area contributed by atoms with E-state index in [4.69, 9.17) is 28.4 Å². The second-order valence-corrected chi connectivity index (χ2v) is 18.1. The molecule has 0 amide bonds. The van der Waals surface area contributed by atoms with Crippen molar-refractivity contribution in [3.8, 4) is 0 Å². The van der Waals surface area contributed by atoms with Gasteiger partial charge in [0.15, 0.2) is 0 Å². The summed E-state index contributed by atoms with van der Waals surface area (Å²) in [5, 5.41) is 0. The summed E-state index contributed by atoms with van der Waals surface area (Å²) in [6.07, 6.45) is 13.3. The van der Waals surface area contributed by atoms with Crippen molar-refractivity contribution < 1.29 is 62.6 Å². The molecule has 2 aliphatic carbocycles. The van der Waals surface area contributed by atoms with Crippen molar-refractivity contribution in [2.75, 3.05) is 79.3 Å². The van der Waals surface area contributed by atoms with Gasteiger partial charge in [0, 0.05) is 13.2 Å². The van der Waals surface area contributed by atoms with E-state index < -0.39 is 39.9 Å². The Kier molecular flexibility index (Phi) is 18.3. The molecule has 0 saturated carbocycles. The molecule has 2 aromatic carbocycles. The van der Waals surface area contributed by atoms with Crippen LogP contribution >= 0.6 is 0 Å². The summed E-state index contributed by atoms with van der Waals surface area (Å²) >= 11 is -4.89. The molecule has 0 N–H and O–H groups in total. The van der Waals surface area contributed by atoms with Crippen molar-refractivity contribution >= 4 is 7.74 Å². The average molecular weight is 753 g/mol. The van der Waals surface area contributed by atoms with E-state index in [9.17, 15) is 0 Å². The van der Waals surface area contributed by atoms with E-state index in [0.717, 1.165) is 0 Å². The zero-order valence-corrected chi connectivity index (χ0v) is 31.5. The summed E-state index contributed by atoms with van der Waals surface area (Å²) in [6.45, 7) is 9.42. The minimum absolute atomic E-state index is 0.177. The minimum atomic E-state index is -4.89. The fourth-order valence-corrected chi connectivity index (χ4v) is 14.9. The van der Waals surface area contributed by atoms with Crippen molar-refractivity contribution in [1.29, 1.82) is 0 Å². The summed E-state index contributed by atoms with van der Waals surface area (Å²) in [5.41, 5.74) is 0.596. The van der Waals surface area contributed by atoms with Crippen LogP contribution in [0.3, 0.4) is 0 Å². The maximum absolute atomic E-state index is 17.0. The van der Waals surface area contributed by atoms with Gasteiger partial charge < -0.3 is 9.47 Å². The van der Waals surface area contributed by atoms with Crippen LogP contribution in [0, 0.1) is 23.3 Å². The number of allylic oxidation sites excluding steroid dienone is 8. The molecule has 2 aliphatic rings. The van der Waals surface area contributed by atoms with Crippen molar-refractivity contribution in [2.24, 2.45) is 0 Å². The fourth-order valence-electron chi connectivity index (χ4n) is 6.59. The molecular formula is C40H52F4O6Ti. The first-order valence-corrected chi connectivity index (χ1v) is 21.2. The Labute approximate surface area is 303 Å². The number of benzene rings is 2. The Bertz CT molecular complexity index is 1400. The van der Waals surface area contributed by atoms with Crippen LogP contribution in [0.2, 0.25) is 0 Å². The zero-order valence-electron chi connectivity index (χ0n) is 30.0. The van der Waals surface area contributed by atoms with E-state index in [1.165, 1.54) is 24.3 Å². The summed E-state index contributed by atoms with van der Waals surface area (Å²) in [5.74, 6) is -3.01. The molecule has 0 radical (unpaired) electrons. The molecule has 0 heterocycles. The summed E-state index contributed by atoms with van der Waals surface area (Å²) < 4.78 is 100. The van der Waals surface area contributed by atoms with Gasteiger partial charge in [0.2, 0.25) is 0 Å². The third-order valence-corrected chi connectivity index (χ3v) is 16.9. The second kappa shape index (κ2) is 22.6. The van der Waals surface area contributed by atoms with Gasteiger partial charge in [0.05, 0.1) is 0 Å². The van der Waals surface area contributed by atoms with Crippen molar-refractivity contribution in [2.45, 2.75) is 52.4 Å². The third kappa shape index (κ3) is 11.3. The summed E-state index contributed by atoms with van der Waals surface area (Å²) in [6, 6.07) is 5.38. The number of halogens is 4. The van der Waals surface area contributed by atoms with Crippen LogP contribution in [0.25, 0.3) is 0 Å². The Hall–Kier alpha value is -2.41. The van der Waals surface area contributed by atoms with Gasteiger partial charge in [0.25, 0.3) is 0 Å². The van der Waals surface area contributed by atoms with Crippen LogP contribution in [0.15, 0.2) is 68.5 Å². The molecule has 11 heteroatoms. The molecule has 0 fully saturated rings. The van der Waals surface area contributed by atoms with Gasteiger partial charge in [0.1, 0.15) is 0 Å². The number of rotatable bonds is 26. The Balaban J connectivity index is 1.57. The van der Waals surface area contributed by atoms with Crippen LogP contribution in [-0.2, 0) is 57.9 Å². The Morgan fingerprint density at radius 3 is 1.24 bits per heavy atom. The maximum atomic E-state index is 17.0. The average Bonchev–Trinajstić information content (AvgIpc) is 3.87. The SMILES string of the molecule is CCOCCOCCOCCCc1ccc(F)[c]([Ti]([C]2=CC=CC2)([C]2=CC=CC2)[c]2c(F)ccc(CCCOCCOCCOCC)c2F)c1F. The van der Waals surface area contributed by atoms with Gasteiger partial charge >= 0.3 is 268 Å². The molecule has 2 aromatic rings. The molecule has 51 heavy (non-hydrogen) atoms. The predicted octanol–water partition coefficient (Wildman–Crippen LogP) is 7.04. The number of hydrogen-bond donors (Lipinski definition) is 0. The molecule has 0 atom stereocenters. The Morgan fingerprint density at radius 2 is 0.882 bits per heavy atom. The van der Waals surface area contributed by atoms with Crippen LogP contribution in [0.5, 0.6) is 0 Å². The number of ether oxygens (including phenoxy) is 6. The zero-order chi connectivity index (χ0) is 36.3. The van der Waals surface area contributed by atoms with E-state index in [0.29, 0.717) is 124 Å². The predicted molar refractivity (Wildman–Crippen MR) is 189 cm³/mol. The van der Waals surface area contributed by atoms with Gasteiger partial charge in [-0.2, -0.15) is 0 Å². The van der Waals surface area contributed by atoms with Crippen LogP contribution < -0.4 is 7.74 Å². The molecule has 0 aromatic heterocycles. The van der Waals surface area contributed by atoms with Crippen molar-refractivity contribution in [1.82, 2.24) is 0 Å². The summed E-state index contributed by atoms with van der Waals surface area (Å²) in [7, 11) is 0. The summed E-state index contributed by atoms with van der Waals surface area (Å²) in [4.78, 5) is 0. The molecule has 0 unspecified atom stereocenters. The molecular weight excluding hydrogens is 700 g/mol. The quantitative estimate of drug-likeness (QED) is 0.0585. The molecule has 0 spiro atoms.